The summed E-state index contributed by atoms with van der Waals surface area (Å²) < 4.78 is 5.37. The van der Waals surface area contributed by atoms with Crippen molar-refractivity contribution >= 4 is 39.1 Å². The molecule has 1 atom stereocenters. The van der Waals surface area contributed by atoms with Crippen molar-refractivity contribution in [1.29, 1.82) is 0 Å². The van der Waals surface area contributed by atoms with Crippen molar-refractivity contribution in [3.05, 3.63) is 76.2 Å². The number of anilines is 1. The molecule has 37 heavy (non-hydrogen) atoms. The average molecular weight is 514 g/mol. The molecule has 1 aliphatic carbocycles. The van der Waals surface area contributed by atoms with E-state index in [1.165, 1.54) is 11.3 Å². The molecule has 0 radical (unpaired) electrons. The van der Waals surface area contributed by atoms with Gasteiger partial charge in [-0.25, -0.2) is 4.98 Å². The fourth-order valence-corrected chi connectivity index (χ4v) is 6.47. The number of para-hydroxylation sites is 1. The molecule has 2 aromatic carbocycles. The quantitative estimate of drug-likeness (QED) is 0.320. The smallest absolute Gasteiger partial charge is 0.257 e. The molecule has 5 rings (SSSR count). The number of pyridine rings is 1. The van der Waals surface area contributed by atoms with E-state index in [1.54, 1.807) is 13.2 Å². The van der Waals surface area contributed by atoms with Gasteiger partial charge in [-0.15, -0.1) is 11.3 Å². The van der Waals surface area contributed by atoms with E-state index in [0.29, 0.717) is 39.0 Å². The van der Waals surface area contributed by atoms with Crippen molar-refractivity contribution in [2.75, 3.05) is 12.4 Å². The predicted octanol–water partition coefficient (Wildman–Crippen LogP) is 6.47. The first-order valence-corrected chi connectivity index (χ1v) is 13.3. The van der Waals surface area contributed by atoms with Crippen molar-refractivity contribution in [2.24, 2.45) is 17.1 Å². The molecule has 1 unspecified atom stereocenters. The molecule has 2 heterocycles. The molecule has 0 saturated carbocycles. The van der Waals surface area contributed by atoms with E-state index in [0.717, 1.165) is 40.7 Å². The minimum atomic E-state index is -0.501. The summed E-state index contributed by atoms with van der Waals surface area (Å²) in [5.41, 5.74) is 10.1. The van der Waals surface area contributed by atoms with Gasteiger partial charge in [0.05, 0.1) is 29.4 Å². The minimum absolute atomic E-state index is 0.171. The lowest BCUT2D eigenvalue weighted by molar-refractivity contribution is 0.1000. The van der Waals surface area contributed by atoms with Crippen LogP contribution in [0.15, 0.2) is 54.6 Å². The highest BCUT2D eigenvalue weighted by molar-refractivity contribution is 7.17. The van der Waals surface area contributed by atoms with Crippen LogP contribution in [0.4, 0.5) is 5.00 Å². The maximum atomic E-state index is 13.7. The van der Waals surface area contributed by atoms with Crippen LogP contribution < -0.4 is 15.8 Å². The first-order chi connectivity index (χ1) is 17.7. The number of rotatable bonds is 5. The molecule has 0 saturated heterocycles. The number of amides is 2. The maximum absolute atomic E-state index is 13.7. The fourth-order valence-electron chi connectivity index (χ4n) is 5.14. The fraction of sp³-hybridized carbons (Fsp3) is 0.300. The second-order valence-electron chi connectivity index (χ2n) is 10.6. The molecule has 7 heteroatoms. The molecule has 0 bridgehead atoms. The second-order valence-corrected chi connectivity index (χ2v) is 11.7. The Kier molecular flexibility index (Phi) is 6.50. The van der Waals surface area contributed by atoms with E-state index in [9.17, 15) is 9.59 Å². The summed E-state index contributed by atoms with van der Waals surface area (Å²) in [6, 6.07) is 16.9. The van der Waals surface area contributed by atoms with Crippen LogP contribution in [0.25, 0.3) is 22.2 Å². The lowest BCUT2D eigenvalue weighted by Gasteiger charge is -2.33. The third-order valence-electron chi connectivity index (χ3n) is 7.29. The Bertz CT molecular complexity index is 1520. The normalized spacial score (nSPS) is 15.3. The average Bonchev–Trinajstić information content (AvgIpc) is 3.24. The summed E-state index contributed by atoms with van der Waals surface area (Å²) in [6.45, 7) is 6.76. The number of thiophene rings is 1. The van der Waals surface area contributed by atoms with Crippen LogP contribution in [-0.2, 0) is 12.8 Å². The summed E-state index contributed by atoms with van der Waals surface area (Å²) in [4.78, 5) is 32.2. The highest BCUT2D eigenvalue weighted by atomic mass is 32.1. The number of primary amides is 1. The number of benzene rings is 2. The van der Waals surface area contributed by atoms with E-state index in [4.69, 9.17) is 15.5 Å². The lowest BCUT2D eigenvalue weighted by atomic mass is 9.72. The summed E-state index contributed by atoms with van der Waals surface area (Å²) in [7, 11) is 1.62. The van der Waals surface area contributed by atoms with Crippen LogP contribution in [0, 0.1) is 11.3 Å². The molecule has 1 aliphatic rings. The number of hydrogen-bond donors (Lipinski definition) is 2. The summed E-state index contributed by atoms with van der Waals surface area (Å²) >= 11 is 1.48. The molecule has 2 aromatic heterocycles. The summed E-state index contributed by atoms with van der Waals surface area (Å²) in [5.74, 6) is 0.426. The van der Waals surface area contributed by atoms with Gasteiger partial charge in [0.25, 0.3) is 11.8 Å². The summed E-state index contributed by atoms with van der Waals surface area (Å²) in [5, 5.41) is 4.30. The Labute approximate surface area is 220 Å². The minimum Gasteiger partial charge on any atom is -0.497 e. The van der Waals surface area contributed by atoms with Crippen molar-refractivity contribution in [2.45, 2.75) is 40.0 Å². The standard InChI is InChI=1S/C30H31N3O3S/c1-30(2,3)18-12-13-21-25(15-18)37-29(26(21)27(31)34)33-28(35)22-16-24(17-8-7-9-19(14-17)36-4)32-23-11-6-5-10-20(22)23/h5-11,14,16,18H,12-13,15H2,1-4H3,(H2,31,34)(H,33,35). The highest BCUT2D eigenvalue weighted by Gasteiger charge is 2.33. The van der Waals surface area contributed by atoms with Crippen LogP contribution in [0.2, 0.25) is 0 Å². The van der Waals surface area contributed by atoms with Crippen LogP contribution in [-0.4, -0.2) is 23.9 Å². The zero-order chi connectivity index (χ0) is 26.3. The van der Waals surface area contributed by atoms with Gasteiger partial charge in [-0.3, -0.25) is 9.59 Å². The topological polar surface area (TPSA) is 94.3 Å². The molecule has 6 nitrogen and oxygen atoms in total. The number of carbonyl (C=O) groups is 2. The number of ether oxygens (including phenoxy) is 1. The highest BCUT2D eigenvalue weighted by Crippen LogP contribution is 2.44. The van der Waals surface area contributed by atoms with Gasteiger partial charge in [0, 0.05) is 15.8 Å². The lowest BCUT2D eigenvalue weighted by Crippen LogP contribution is -2.27. The van der Waals surface area contributed by atoms with Crippen LogP contribution in [0.1, 0.15) is 58.3 Å². The number of fused-ring (bicyclic) bond motifs is 2. The monoisotopic (exact) mass is 513 g/mol. The predicted molar refractivity (Wildman–Crippen MR) is 149 cm³/mol. The van der Waals surface area contributed by atoms with Gasteiger partial charge in [-0.05, 0) is 60.4 Å². The van der Waals surface area contributed by atoms with Gasteiger partial charge >= 0.3 is 0 Å². The number of nitrogens with zero attached hydrogens (tertiary/aromatic N) is 1. The van der Waals surface area contributed by atoms with Gasteiger partial charge in [0.1, 0.15) is 10.8 Å². The molecule has 2 amide bonds. The van der Waals surface area contributed by atoms with Crippen LogP contribution in [0.3, 0.4) is 0 Å². The molecule has 4 aromatic rings. The van der Waals surface area contributed by atoms with Gasteiger partial charge < -0.3 is 15.8 Å². The first kappa shape index (κ1) is 25.0. The number of carbonyl (C=O) groups excluding carboxylic acids is 2. The molecular weight excluding hydrogens is 482 g/mol. The Morgan fingerprint density at radius 1 is 1.11 bits per heavy atom. The SMILES string of the molecule is COc1cccc(-c2cc(C(=O)Nc3sc4c(c3C(N)=O)CCC(C(C)(C)C)C4)c3ccccc3n2)c1. The Morgan fingerprint density at radius 2 is 1.89 bits per heavy atom. The van der Waals surface area contributed by atoms with Crippen molar-refractivity contribution in [3.8, 4) is 17.0 Å². The van der Waals surface area contributed by atoms with Crippen LogP contribution >= 0.6 is 11.3 Å². The van der Waals surface area contributed by atoms with E-state index in [2.05, 4.69) is 26.1 Å². The van der Waals surface area contributed by atoms with E-state index >= 15 is 0 Å². The Hall–Kier alpha value is -3.71. The van der Waals surface area contributed by atoms with Crippen molar-refractivity contribution in [1.82, 2.24) is 4.98 Å². The van der Waals surface area contributed by atoms with E-state index in [-0.39, 0.29) is 11.3 Å². The number of nitrogens with one attached hydrogen (secondary N) is 1. The molecule has 0 spiro atoms. The van der Waals surface area contributed by atoms with E-state index in [1.807, 2.05) is 48.5 Å². The zero-order valence-electron chi connectivity index (χ0n) is 21.6. The molecule has 190 valence electrons. The van der Waals surface area contributed by atoms with Gasteiger partial charge in [0.2, 0.25) is 0 Å². The number of methoxy groups -OCH3 is 1. The third kappa shape index (κ3) is 4.83. The van der Waals surface area contributed by atoms with Gasteiger partial charge in [0.15, 0.2) is 0 Å². The Balaban J connectivity index is 1.55. The number of aromatic nitrogens is 1. The third-order valence-corrected chi connectivity index (χ3v) is 8.46. The first-order valence-electron chi connectivity index (χ1n) is 12.5. The number of nitrogens with two attached hydrogens (primary N) is 1. The van der Waals surface area contributed by atoms with Crippen molar-refractivity contribution in [3.63, 3.8) is 0 Å². The second kappa shape index (κ2) is 9.63. The number of hydrogen-bond acceptors (Lipinski definition) is 5. The summed E-state index contributed by atoms with van der Waals surface area (Å²) in [6.07, 6.45) is 2.68. The maximum Gasteiger partial charge on any atom is 0.257 e. The van der Waals surface area contributed by atoms with Crippen LogP contribution in [0.5, 0.6) is 5.75 Å². The van der Waals surface area contributed by atoms with Gasteiger partial charge in [-0.2, -0.15) is 0 Å². The zero-order valence-corrected chi connectivity index (χ0v) is 22.4. The van der Waals surface area contributed by atoms with E-state index < -0.39 is 5.91 Å². The molecular formula is C30H31N3O3S. The van der Waals surface area contributed by atoms with Crippen molar-refractivity contribution < 1.29 is 14.3 Å². The largest absolute Gasteiger partial charge is 0.497 e. The molecule has 0 fully saturated rings. The van der Waals surface area contributed by atoms with Gasteiger partial charge in [-0.1, -0.05) is 51.1 Å². The molecule has 3 N–H and O–H groups in total. The molecule has 0 aliphatic heterocycles. The Morgan fingerprint density at radius 3 is 2.62 bits per heavy atom.